The summed E-state index contributed by atoms with van der Waals surface area (Å²) in [4.78, 5) is 60.4. The molecule has 15 heteroatoms. The second-order valence-corrected chi connectivity index (χ2v) is 14.4. The summed E-state index contributed by atoms with van der Waals surface area (Å²) >= 11 is 5.95. The Balaban J connectivity index is 1.84. The van der Waals surface area contributed by atoms with Crippen molar-refractivity contribution in [1.29, 1.82) is 0 Å². The number of ether oxygens (including phenoxy) is 2. The summed E-state index contributed by atoms with van der Waals surface area (Å²) in [6.07, 6.45) is 1.05. The van der Waals surface area contributed by atoms with E-state index in [9.17, 15) is 24.3 Å². The zero-order valence-corrected chi connectivity index (χ0v) is 33.2. The highest BCUT2D eigenvalue weighted by atomic mass is 35.5. The summed E-state index contributed by atoms with van der Waals surface area (Å²) in [6.45, 7) is 12.1. The van der Waals surface area contributed by atoms with Gasteiger partial charge in [0.15, 0.2) is 6.29 Å². The van der Waals surface area contributed by atoms with Crippen LogP contribution in [-0.2, 0) is 32.2 Å². The van der Waals surface area contributed by atoms with Crippen molar-refractivity contribution in [2.24, 2.45) is 0 Å². The Morgan fingerprint density at radius 1 is 0.963 bits per heavy atom. The summed E-state index contributed by atoms with van der Waals surface area (Å²) in [6, 6.07) is 14.5. The van der Waals surface area contributed by atoms with Crippen molar-refractivity contribution in [3.63, 3.8) is 0 Å². The molecule has 0 saturated carbocycles. The van der Waals surface area contributed by atoms with Crippen LogP contribution in [0.4, 0.5) is 9.59 Å². The van der Waals surface area contributed by atoms with Crippen LogP contribution in [0.1, 0.15) is 71.9 Å². The number of hydrogen-bond acceptors (Lipinski definition) is 8. The number of carboxylic acid groups (broad SMARTS) is 1. The number of aromatic nitrogens is 1. The number of nitrogens with zero attached hydrogens (tertiary/aromatic N) is 4. The molecule has 0 spiro atoms. The predicted molar refractivity (Wildman–Crippen MR) is 209 cm³/mol. The third kappa shape index (κ3) is 13.7. The van der Waals surface area contributed by atoms with E-state index in [0.717, 1.165) is 22.0 Å². The molecule has 5 amide bonds. The topological polar surface area (TPSA) is 166 Å². The minimum atomic E-state index is -1.03. The fourth-order valence-electron chi connectivity index (χ4n) is 5.99. The number of para-hydroxylation sites is 1. The van der Waals surface area contributed by atoms with E-state index in [1.165, 1.54) is 9.91 Å². The second kappa shape index (κ2) is 21.4. The van der Waals surface area contributed by atoms with Crippen LogP contribution in [0.5, 0.6) is 0 Å². The molecule has 2 atom stereocenters. The highest BCUT2D eigenvalue weighted by Gasteiger charge is 2.34. The second-order valence-electron chi connectivity index (χ2n) is 14.0. The number of pyridine rings is 1. The van der Waals surface area contributed by atoms with Crippen LogP contribution in [0.25, 0.3) is 10.9 Å². The van der Waals surface area contributed by atoms with Crippen molar-refractivity contribution >= 4 is 46.4 Å². The lowest BCUT2D eigenvalue weighted by Crippen LogP contribution is -2.56. The molecule has 2 aromatic carbocycles. The lowest BCUT2D eigenvalue weighted by atomic mass is 10.0. The largest absolute Gasteiger partial charge is 0.465 e. The lowest BCUT2D eigenvalue weighted by Gasteiger charge is -2.37. The van der Waals surface area contributed by atoms with E-state index in [2.05, 4.69) is 21.0 Å². The Hall–Kier alpha value is -4.50. The highest BCUT2D eigenvalue weighted by Crippen LogP contribution is 2.23. The highest BCUT2D eigenvalue weighted by molar-refractivity contribution is 6.30. The first-order valence-electron chi connectivity index (χ1n) is 18.3. The van der Waals surface area contributed by atoms with E-state index in [1.54, 1.807) is 42.4 Å². The number of rotatable bonds is 20. The van der Waals surface area contributed by atoms with Crippen LogP contribution >= 0.6 is 11.6 Å². The molecular weight excluding hydrogens is 714 g/mol. The average molecular weight is 770 g/mol. The number of fused-ring (bicyclic) bond motifs is 1. The Labute approximate surface area is 323 Å². The van der Waals surface area contributed by atoms with E-state index in [-0.39, 0.29) is 38.5 Å². The quantitative estimate of drug-likeness (QED) is 0.0633. The number of urea groups is 1. The molecule has 14 nitrogen and oxygen atoms in total. The summed E-state index contributed by atoms with van der Waals surface area (Å²) in [5, 5.41) is 18.3. The van der Waals surface area contributed by atoms with Crippen molar-refractivity contribution < 1.29 is 33.8 Å². The molecule has 0 fully saturated rings. The van der Waals surface area contributed by atoms with Crippen LogP contribution in [0.3, 0.4) is 0 Å². The molecule has 3 rings (SSSR count). The molecule has 296 valence electrons. The summed E-state index contributed by atoms with van der Waals surface area (Å²) < 4.78 is 11.9. The maximum absolute atomic E-state index is 14.7. The average Bonchev–Trinajstić information content (AvgIpc) is 3.11. The van der Waals surface area contributed by atoms with Gasteiger partial charge in [-0.3, -0.25) is 20.0 Å². The van der Waals surface area contributed by atoms with Gasteiger partial charge >= 0.3 is 12.1 Å². The number of hydrogen-bond donors (Lipinski definition) is 4. The van der Waals surface area contributed by atoms with Gasteiger partial charge in [-0.05, 0) is 90.1 Å². The molecule has 0 aliphatic rings. The normalized spacial score (nSPS) is 12.7. The fourth-order valence-corrected chi connectivity index (χ4v) is 6.12. The maximum Gasteiger partial charge on any atom is 0.407 e. The number of hydrazine groups is 1. The predicted octanol–water partition coefficient (Wildman–Crippen LogP) is 5.78. The fraction of sp³-hybridized carbons (Fsp3) is 0.513. The molecule has 0 bridgehead atoms. The number of nitrogens with one attached hydrogen (secondary N) is 3. The molecule has 4 N–H and O–H groups in total. The van der Waals surface area contributed by atoms with Crippen molar-refractivity contribution in [2.45, 2.75) is 97.8 Å². The number of carbonyl (C=O) groups is 4. The summed E-state index contributed by atoms with van der Waals surface area (Å²) in [5.41, 5.74) is 4.40. The minimum absolute atomic E-state index is 0.156. The van der Waals surface area contributed by atoms with Gasteiger partial charge in [0.05, 0.1) is 18.1 Å². The minimum Gasteiger partial charge on any atom is -0.465 e. The maximum atomic E-state index is 14.7. The number of halogens is 1. The third-order valence-corrected chi connectivity index (χ3v) is 8.98. The lowest BCUT2D eigenvalue weighted by molar-refractivity contribution is -0.179. The molecule has 1 heterocycles. The van der Waals surface area contributed by atoms with Crippen molar-refractivity contribution in [1.82, 2.24) is 35.9 Å². The Kier molecular flexibility index (Phi) is 17.4. The number of unbranched alkanes of at least 4 members (excludes halogenated alkanes) is 1. The monoisotopic (exact) mass is 769 g/mol. The molecule has 0 aliphatic heterocycles. The van der Waals surface area contributed by atoms with E-state index < -0.39 is 41.9 Å². The van der Waals surface area contributed by atoms with E-state index >= 15 is 0 Å². The van der Waals surface area contributed by atoms with Gasteiger partial charge in [0.2, 0.25) is 11.8 Å². The first-order chi connectivity index (χ1) is 25.6. The van der Waals surface area contributed by atoms with E-state index in [1.807, 2.05) is 71.9 Å². The summed E-state index contributed by atoms with van der Waals surface area (Å²) in [7, 11) is 1.54. The molecule has 54 heavy (non-hydrogen) atoms. The molecule has 0 radical (unpaired) electrons. The Morgan fingerprint density at radius 3 is 2.26 bits per heavy atom. The number of benzene rings is 2. The number of carbonyl (C=O) groups excluding carboxylic acids is 3. The van der Waals surface area contributed by atoms with Gasteiger partial charge in [-0.25, -0.2) is 14.6 Å². The Morgan fingerprint density at radius 2 is 1.63 bits per heavy atom. The molecule has 3 aromatic rings. The first-order valence-corrected chi connectivity index (χ1v) is 18.7. The number of amides is 5. The Bertz CT molecular complexity index is 1660. The van der Waals surface area contributed by atoms with Crippen molar-refractivity contribution in [3.05, 3.63) is 76.9 Å². The van der Waals surface area contributed by atoms with Gasteiger partial charge in [-0.15, -0.1) is 0 Å². The van der Waals surface area contributed by atoms with E-state index in [4.69, 9.17) is 21.1 Å². The van der Waals surface area contributed by atoms with Gasteiger partial charge in [0, 0.05) is 62.0 Å². The molecule has 0 saturated heterocycles. The first kappa shape index (κ1) is 43.9. The standard InChI is InChI=1S/C39H56ClN7O7/c1-8-53-36(54-9-2)27(3)46(25-30-15-12-14-29-16-13-22-41-34(29)30)35(49)32(17-10-11-23-47(38(51)52)39(4,5)6)43-33(48)26-45(7)44-37(50)42-24-28-18-20-31(40)21-19-28/h12-16,18-22,27,32,36H,8-11,17,23-26H2,1-7H3,(H,43,48)(H,51,52)(H2,42,44,50)/t27-,32-/m0/s1. The SMILES string of the molecule is CCOC(OCC)[C@H](C)N(Cc1cccc2cccnc12)C(=O)[C@H](CCCCN(C(=O)O)C(C)(C)C)NC(=O)CN(C)NC(=O)NCc1ccc(Cl)cc1. The van der Waals surface area contributed by atoms with Gasteiger partial charge in [0.25, 0.3) is 0 Å². The third-order valence-electron chi connectivity index (χ3n) is 8.73. The summed E-state index contributed by atoms with van der Waals surface area (Å²) in [5.74, 6) is -0.864. The van der Waals surface area contributed by atoms with Gasteiger partial charge in [0.1, 0.15) is 6.04 Å². The van der Waals surface area contributed by atoms with Crippen LogP contribution in [0, 0.1) is 0 Å². The zero-order valence-electron chi connectivity index (χ0n) is 32.4. The van der Waals surface area contributed by atoms with Crippen molar-refractivity contribution in [3.8, 4) is 0 Å². The molecule has 0 unspecified atom stereocenters. The van der Waals surface area contributed by atoms with Crippen LogP contribution in [0.15, 0.2) is 60.8 Å². The van der Waals surface area contributed by atoms with Gasteiger partial charge in [-0.2, -0.15) is 0 Å². The zero-order chi connectivity index (χ0) is 39.8. The van der Waals surface area contributed by atoms with Crippen LogP contribution in [-0.4, -0.2) is 106 Å². The van der Waals surface area contributed by atoms with Gasteiger partial charge < -0.3 is 35.0 Å². The smallest absolute Gasteiger partial charge is 0.407 e. The molecule has 0 aliphatic carbocycles. The van der Waals surface area contributed by atoms with Crippen LogP contribution in [0.2, 0.25) is 5.02 Å². The van der Waals surface area contributed by atoms with Crippen molar-refractivity contribution in [2.75, 3.05) is 33.4 Å². The molecular formula is C39H56ClN7O7. The molecule has 1 aromatic heterocycles. The van der Waals surface area contributed by atoms with Gasteiger partial charge in [-0.1, -0.05) is 48.0 Å². The van der Waals surface area contributed by atoms with E-state index in [0.29, 0.717) is 31.1 Å². The number of likely N-dealkylation sites (N-methyl/N-ethyl adjacent to an activating group) is 1. The van der Waals surface area contributed by atoms with Crippen LogP contribution < -0.4 is 16.1 Å².